The van der Waals surface area contributed by atoms with Crippen LogP contribution in [-0.2, 0) is 24.6 Å². The minimum absolute atomic E-state index is 0.0851. The lowest BCUT2D eigenvalue weighted by molar-refractivity contribution is -0.152. The van der Waals surface area contributed by atoms with Gasteiger partial charge in [0, 0.05) is 55.8 Å². The molecular weight excluding hydrogens is 708 g/mol. The number of benzene rings is 3. The zero-order valence-corrected chi connectivity index (χ0v) is 32.3. The zero-order valence-electron chi connectivity index (χ0n) is 31.6. The van der Waals surface area contributed by atoms with Crippen LogP contribution < -0.4 is 14.2 Å². The number of nitriles is 1. The molecule has 3 N–H and O–H groups in total. The number of hydrogen-bond acceptors (Lipinski definition) is 10. The molecule has 1 aliphatic heterocycles. The van der Waals surface area contributed by atoms with E-state index in [0.717, 1.165) is 66.0 Å². The molecule has 286 valence electrons. The summed E-state index contributed by atoms with van der Waals surface area (Å²) in [4.78, 5) is 20.1. The van der Waals surface area contributed by atoms with Crippen LogP contribution in [0.15, 0.2) is 60.9 Å². The van der Waals surface area contributed by atoms with Gasteiger partial charge >= 0.3 is 5.97 Å². The average Bonchev–Trinajstić information content (AvgIpc) is 3.59. The number of ether oxygens (including phenoxy) is 3. The number of likely N-dealkylation sites (N-methyl/N-ethyl adjacent to an activating group) is 1. The predicted octanol–water partition coefficient (Wildman–Crippen LogP) is 6.46. The number of nitrogens with zero attached hydrogens (tertiary/aromatic N) is 4. The number of carbonyl (C=O) groups is 1. The van der Waals surface area contributed by atoms with Gasteiger partial charge in [-0.15, -0.1) is 0 Å². The first-order valence-corrected chi connectivity index (χ1v) is 18.4. The van der Waals surface area contributed by atoms with E-state index in [1.165, 1.54) is 18.0 Å². The lowest BCUT2D eigenvalue weighted by atomic mass is 9.93. The summed E-state index contributed by atoms with van der Waals surface area (Å²) < 4.78 is 18.9. The van der Waals surface area contributed by atoms with Crippen LogP contribution in [0.4, 0.5) is 0 Å². The van der Waals surface area contributed by atoms with Crippen molar-refractivity contribution in [3.8, 4) is 34.4 Å². The van der Waals surface area contributed by atoms with Crippen molar-refractivity contribution in [2.45, 2.75) is 71.9 Å². The Labute approximate surface area is 322 Å². The molecule has 0 unspecified atom stereocenters. The van der Waals surface area contributed by atoms with E-state index >= 15 is 0 Å². The number of carboxylic acids is 1. The standard InChI is InChI=1S/C42H49ClN4O7/c1-27-32(9-6-10-34(27)35-11-7-12-37(28(35)2)52-16-8-14-47-15-13-33(49)22-47)25-54-39-18-38(53-24-31-17-30(19-44)20-45-21-31)36(29(3)40(39)43)23-46(5)42(4,26-48)41(50)51/h6-7,9-12,17-18,20-21,33,48-49H,8,13-16,22-26H2,1-5H3,(H,50,51)/t33-,42+/m1/s1. The first-order valence-electron chi connectivity index (χ1n) is 18.0. The molecule has 0 amide bonds. The minimum Gasteiger partial charge on any atom is -0.493 e. The number of aliphatic hydroxyl groups excluding tert-OH is 2. The number of aliphatic hydroxyl groups is 2. The Hall–Kier alpha value is -4.70. The van der Waals surface area contributed by atoms with Crippen LogP contribution in [0.3, 0.4) is 0 Å². The summed E-state index contributed by atoms with van der Waals surface area (Å²) in [6, 6.07) is 17.7. The second-order valence-corrected chi connectivity index (χ2v) is 14.5. The summed E-state index contributed by atoms with van der Waals surface area (Å²) in [7, 11) is 1.62. The molecule has 0 radical (unpaired) electrons. The molecule has 4 aromatic rings. The van der Waals surface area contributed by atoms with Gasteiger partial charge in [0.05, 0.1) is 29.9 Å². The molecule has 1 aromatic heterocycles. The van der Waals surface area contributed by atoms with Crippen molar-refractivity contribution >= 4 is 17.6 Å². The van der Waals surface area contributed by atoms with E-state index < -0.39 is 18.1 Å². The summed E-state index contributed by atoms with van der Waals surface area (Å²) in [5, 5.41) is 39.4. The first kappa shape index (κ1) is 40.5. The number of aliphatic carboxylic acids is 1. The number of hydrogen-bond donors (Lipinski definition) is 3. The predicted molar refractivity (Wildman–Crippen MR) is 207 cm³/mol. The molecule has 12 heteroatoms. The Bertz CT molecular complexity index is 2000. The highest BCUT2D eigenvalue weighted by Gasteiger charge is 2.38. The lowest BCUT2D eigenvalue weighted by Gasteiger charge is -2.34. The van der Waals surface area contributed by atoms with Crippen molar-refractivity contribution in [1.29, 1.82) is 5.26 Å². The molecule has 11 nitrogen and oxygen atoms in total. The molecule has 2 atom stereocenters. The summed E-state index contributed by atoms with van der Waals surface area (Å²) in [6.07, 6.45) is 4.57. The van der Waals surface area contributed by atoms with Crippen molar-refractivity contribution in [1.82, 2.24) is 14.8 Å². The number of β-amino-alcohol motifs (C(OH)–C–C–N with tert-alkyl or cyclic N) is 1. The SMILES string of the molecule is Cc1c(COc2cc(OCc3cncc(C#N)c3)c(CN(C)[C@@](C)(CO)C(=O)O)c(C)c2Cl)cccc1-c1cccc(OCCCN2CC[C@@H](O)C2)c1C. The van der Waals surface area contributed by atoms with Gasteiger partial charge in [0.15, 0.2) is 0 Å². The fraction of sp³-hybridized carbons (Fsp3) is 0.405. The number of pyridine rings is 1. The topological polar surface area (TPSA) is 149 Å². The van der Waals surface area contributed by atoms with Gasteiger partial charge in [-0.25, -0.2) is 0 Å². The molecule has 0 aliphatic carbocycles. The van der Waals surface area contributed by atoms with Gasteiger partial charge in [-0.2, -0.15) is 5.26 Å². The van der Waals surface area contributed by atoms with Gasteiger partial charge in [-0.3, -0.25) is 14.7 Å². The number of halogens is 1. The number of aromatic nitrogens is 1. The van der Waals surface area contributed by atoms with Gasteiger partial charge in [-0.05, 0) is 93.1 Å². The molecule has 1 aliphatic rings. The second-order valence-electron chi connectivity index (χ2n) is 14.1. The second kappa shape index (κ2) is 18.1. The lowest BCUT2D eigenvalue weighted by Crippen LogP contribution is -2.53. The minimum atomic E-state index is -1.55. The van der Waals surface area contributed by atoms with Crippen LogP contribution in [-0.4, -0.2) is 87.6 Å². The van der Waals surface area contributed by atoms with Gasteiger partial charge in [0.25, 0.3) is 0 Å². The van der Waals surface area contributed by atoms with Crippen LogP contribution in [0.5, 0.6) is 17.2 Å². The Kier molecular flexibility index (Phi) is 13.6. The summed E-state index contributed by atoms with van der Waals surface area (Å²) >= 11 is 6.95. The third-order valence-electron chi connectivity index (χ3n) is 10.4. The molecule has 0 saturated carbocycles. The molecule has 54 heavy (non-hydrogen) atoms. The van der Waals surface area contributed by atoms with Gasteiger partial charge < -0.3 is 34.4 Å². The molecule has 0 spiro atoms. The van der Waals surface area contributed by atoms with Crippen LogP contribution in [0, 0.1) is 32.1 Å². The molecule has 5 rings (SSSR count). The zero-order chi connectivity index (χ0) is 39.0. The van der Waals surface area contributed by atoms with Crippen molar-refractivity contribution in [2.75, 3.05) is 39.9 Å². The summed E-state index contributed by atoms with van der Waals surface area (Å²) in [5.74, 6) is 0.485. The van der Waals surface area contributed by atoms with E-state index in [-0.39, 0.29) is 25.9 Å². The molecule has 0 bridgehead atoms. The third-order valence-corrected chi connectivity index (χ3v) is 10.9. The molecule has 1 fully saturated rings. The number of carboxylic acid groups (broad SMARTS) is 1. The third kappa shape index (κ3) is 9.32. The van der Waals surface area contributed by atoms with E-state index in [2.05, 4.69) is 41.9 Å². The van der Waals surface area contributed by atoms with Crippen molar-refractivity contribution in [2.24, 2.45) is 0 Å². The average molecular weight is 757 g/mol. The highest BCUT2D eigenvalue weighted by Crippen LogP contribution is 2.40. The van der Waals surface area contributed by atoms with E-state index in [9.17, 15) is 25.4 Å². The Morgan fingerprint density at radius 2 is 1.74 bits per heavy atom. The molecular formula is C42H49ClN4O7. The van der Waals surface area contributed by atoms with Crippen LogP contribution in [0.2, 0.25) is 5.02 Å². The van der Waals surface area contributed by atoms with Crippen LogP contribution in [0.1, 0.15) is 58.7 Å². The quantitative estimate of drug-likeness (QED) is 0.102. The fourth-order valence-corrected chi connectivity index (χ4v) is 6.81. The maximum Gasteiger partial charge on any atom is 0.326 e. The summed E-state index contributed by atoms with van der Waals surface area (Å²) in [5.41, 5.74) is 5.98. The Morgan fingerprint density at radius 3 is 2.43 bits per heavy atom. The number of likely N-dealkylation sites (tertiary alicyclic amines) is 1. The molecule has 3 aromatic carbocycles. The van der Waals surface area contributed by atoms with Crippen LogP contribution in [0.25, 0.3) is 11.1 Å². The van der Waals surface area contributed by atoms with Gasteiger partial charge in [0.2, 0.25) is 0 Å². The van der Waals surface area contributed by atoms with Gasteiger partial charge in [0.1, 0.15) is 42.1 Å². The summed E-state index contributed by atoms with van der Waals surface area (Å²) in [6.45, 7) is 10.4. The Balaban J connectivity index is 1.37. The molecule has 1 saturated heterocycles. The monoisotopic (exact) mass is 756 g/mol. The highest BCUT2D eigenvalue weighted by atomic mass is 35.5. The van der Waals surface area contributed by atoms with E-state index in [4.69, 9.17) is 25.8 Å². The van der Waals surface area contributed by atoms with Crippen molar-refractivity contribution < 1.29 is 34.3 Å². The van der Waals surface area contributed by atoms with Gasteiger partial charge in [-0.1, -0.05) is 41.9 Å². The van der Waals surface area contributed by atoms with Crippen molar-refractivity contribution in [3.63, 3.8) is 0 Å². The van der Waals surface area contributed by atoms with E-state index in [1.807, 2.05) is 31.2 Å². The normalized spacial score (nSPS) is 15.5. The highest BCUT2D eigenvalue weighted by molar-refractivity contribution is 6.33. The maximum absolute atomic E-state index is 12.1. The van der Waals surface area contributed by atoms with Crippen LogP contribution >= 0.6 is 11.6 Å². The van der Waals surface area contributed by atoms with E-state index in [1.54, 1.807) is 25.4 Å². The van der Waals surface area contributed by atoms with Crippen molar-refractivity contribution in [3.05, 3.63) is 105 Å². The molecule has 2 heterocycles. The van der Waals surface area contributed by atoms with E-state index in [0.29, 0.717) is 45.4 Å². The number of rotatable bonds is 17. The smallest absolute Gasteiger partial charge is 0.326 e. The first-order chi connectivity index (χ1) is 25.9. The Morgan fingerprint density at radius 1 is 1.02 bits per heavy atom. The fourth-order valence-electron chi connectivity index (χ4n) is 6.59. The maximum atomic E-state index is 12.1. The largest absolute Gasteiger partial charge is 0.493 e.